The molecule has 0 N–H and O–H groups in total. The third kappa shape index (κ3) is 2.88. The van der Waals surface area contributed by atoms with Crippen molar-refractivity contribution in [2.45, 2.75) is 12.2 Å². The number of fused-ring (bicyclic) bond motifs is 1. The molecule has 1 nitrogen and oxygen atoms in total. The minimum atomic E-state index is -4.37. The van der Waals surface area contributed by atoms with Gasteiger partial charge in [0, 0.05) is 11.3 Å². The maximum absolute atomic E-state index is 13.8. The molecule has 2 heterocycles. The second-order valence-corrected chi connectivity index (χ2v) is 6.16. The van der Waals surface area contributed by atoms with E-state index in [4.69, 9.17) is 0 Å². The molecule has 130 valence electrons. The first-order chi connectivity index (χ1) is 12.6. The Balaban J connectivity index is 1.97. The standard InChI is InChI=1S/C22H16F3N/c23-22(24,25)20-13-7-12-18-14-15-19(16-8-3-1-4-9-16)21(26(18)20)17-10-5-2-6-11-17/h1-15,20H. The number of halogens is 3. The van der Waals surface area contributed by atoms with Gasteiger partial charge in [0.1, 0.15) is 6.04 Å². The third-order valence-corrected chi connectivity index (χ3v) is 4.50. The van der Waals surface area contributed by atoms with E-state index in [-0.39, 0.29) is 0 Å². The van der Waals surface area contributed by atoms with Crippen LogP contribution in [0.25, 0.3) is 11.3 Å². The quantitative estimate of drug-likeness (QED) is 0.660. The van der Waals surface area contributed by atoms with Crippen LogP contribution >= 0.6 is 0 Å². The van der Waals surface area contributed by atoms with Crippen LogP contribution in [0, 0.1) is 0 Å². The van der Waals surface area contributed by atoms with Crippen molar-refractivity contribution in [2.24, 2.45) is 0 Å². The molecule has 4 rings (SSSR count). The van der Waals surface area contributed by atoms with Gasteiger partial charge in [0.25, 0.3) is 0 Å². The van der Waals surface area contributed by atoms with Gasteiger partial charge in [0.15, 0.2) is 0 Å². The van der Waals surface area contributed by atoms with E-state index < -0.39 is 12.2 Å². The van der Waals surface area contributed by atoms with Crippen LogP contribution in [0.15, 0.2) is 96.7 Å². The normalized spacial score (nSPS) is 19.4. The highest BCUT2D eigenvalue weighted by Crippen LogP contribution is 2.43. The predicted molar refractivity (Wildman–Crippen MR) is 97.7 cm³/mol. The highest BCUT2D eigenvalue weighted by Gasteiger charge is 2.45. The molecule has 1 unspecified atom stereocenters. The maximum atomic E-state index is 13.8. The SMILES string of the molecule is FC(F)(F)C1C=CC=C2C=CC(c3ccccc3)=C(c3ccccc3)N21. The summed E-state index contributed by atoms with van der Waals surface area (Å²) in [6.45, 7) is 0. The molecular formula is C22H16F3N. The fourth-order valence-electron chi connectivity index (χ4n) is 3.36. The molecule has 0 fully saturated rings. The van der Waals surface area contributed by atoms with Crippen LogP contribution in [0.3, 0.4) is 0 Å². The second kappa shape index (κ2) is 6.37. The van der Waals surface area contributed by atoms with Gasteiger partial charge in [-0.05, 0) is 23.3 Å². The zero-order chi connectivity index (χ0) is 18.1. The monoisotopic (exact) mass is 351 g/mol. The summed E-state index contributed by atoms with van der Waals surface area (Å²) in [4.78, 5) is 1.39. The van der Waals surface area contributed by atoms with Crippen LogP contribution < -0.4 is 0 Å². The molecule has 0 amide bonds. The number of hydrogen-bond acceptors (Lipinski definition) is 1. The molecule has 2 aromatic carbocycles. The van der Waals surface area contributed by atoms with E-state index in [0.717, 1.165) is 16.7 Å². The van der Waals surface area contributed by atoms with Crippen molar-refractivity contribution in [3.05, 3.63) is 108 Å². The van der Waals surface area contributed by atoms with Gasteiger partial charge < -0.3 is 4.90 Å². The van der Waals surface area contributed by atoms with Crippen molar-refractivity contribution in [2.75, 3.05) is 0 Å². The molecule has 4 heteroatoms. The Kier molecular flexibility index (Phi) is 4.03. The molecule has 26 heavy (non-hydrogen) atoms. The second-order valence-electron chi connectivity index (χ2n) is 6.16. The summed E-state index contributed by atoms with van der Waals surface area (Å²) in [6, 6.07) is 17.1. The Labute approximate surface area is 150 Å². The maximum Gasteiger partial charge on any atom is 0.412 e. The average Bonchev–Trinajstić information content (AvgIpc) is 2.67. The zero-order valence-electron chi connectivity index (χ0n) is 13.8. The molecule has 1 atom stereocenters. The van der Waals surface area contributed by atoms with E-state index in [1.54, 1.807) is 12.2 Å². The molecule has 2 aromatic rings. The lowest BCUT2D eigenvalue weighted by Crippen LogP contribution is -2.44. The molecule has 0 saturated heterocycles. The third-order valence-electron chi connectivity index (χ3n) is 4.50. The van der Waals surface area contributed by atoms with E-state index in [1.807, 2.05) is 66.7 Å². The number of rotatable bonds is 2. The van der Waals surface area contributed by atoms with Crippen LogP contribution in [0.4, 0.5) is 13.2 Å². The van der Waals surface area contributed by atoms with E-state index in [0.29, 0.717) is 11.4 Å². The zero-order valence-corrected chi connectivity index (χ0v) is 13.8. The number of benzene rings is 2. The molecule has 0 saturated carbocycles. The smallest absolute Gasteiger partial charge is 0.324 e. The molecule has 0 bridgehead atoms. The van der Waals surface area contributed by atoms with Crippen molar-refractivity contribution < 1.29 is 13.2 Å². The number of alkyl halides is 3. The van der Waals surface area contributed by atoms with Gasteiger partial charge in [0.2, 0.25) is 0 Å². The number of hydrogen-bond donors (Lipinski definition) is 0. The van der Waals surface area contributed by atoms with Crippen LogP contribution in [0.2, 0.25) is 0 Å². The lowest BCUT2D eigenvalue weighted by Gasteiger charge is -2.40. The Hall–Kier alpha value is -3.01. The van der Waals surface area contributed by atoms with Crippen LogP contribution in [-0.4, -0.2) is 17.1 Å². The Morgan fingerprint density at radius 2 is 1.38 bits per heavy atom. The van der Waals surface area contributed by atoms with E-state index in [9.17, 15) is 13.2 Å². The first-order valence-electron chi connectivity index (χ1n) is 8.33. The largest absolute Gasteiger partial charge is 0.412 e. The lowest BCUT2D eigenvalue weighted by molar-refractivity contribution is -0.158. The number of allylic oxidation sites excluding steroid dienone is 5. The van der Waals surface area contributed by atoms with Crippen molar-refractivity contribution >= 4 is 11.3 Å². The fraction of sp³-hybridized carbons (Fsp3) is 0.0909. The summed E-state index contributed by atoms with van der Waals surface area (Å²) in [5, 5.41) is 0. The van der Waals surface area contributed by atoms with Crippen LogP contribution in [0.5, 0.6) is 0 Å². The summed E-state index contributed by atoms with van der Waals surface area (Å²) in [6.07, 6.45) is 3.66. The van der Waals surface area contributed by atoms with Crippen LogP contribution in [0.1, 0.15) is 11.1 Å². The topological polar surface area (TPSA) is 3.24 Å². The van der Waals surface area contributed by atoms with Gasteiger partial charge in [-0.15, -0.1) is 0 Å². The first kappa shape index (κ1) is 16.5. The Bertz CT molecular complexity index is 919. The van der Waals surface area contributed by atoms with Gasteiger partial charge in [0.05, 0.1) is 5.70 Å². The first-order valence-corrected chi connectivity index (χ1v) is 8.33. The summed E-state index contributed by atoms with van der Waals surface area (Å²) in [5.74, 6) is 0. The van der Waals surface area contributed by atoms with Gasteiger partial charge in [-0.25, -0.2) is 0 Å². The van der Waals surface area contributed by atoms with Crippen molar-refractivity contribution in [1.82, 2.24) is 4.90 Å². The highest BCUT2D eigenvalue weighted by molar-refractivity contribution is 5.97. The Morgan fingerprint density at radius 1 is 0.769 bits per heavy atom. The minimum Gasteiger partial charge on any atom is -0.324 e. The van der Waals surface area contributed by atoms with Crippen LogP contribution in [-0.2, 0) is 0 Å². The van der Waals surface area contributed by atoms with E-state index >= 15 is 0 Å². The molecule has 2 aliphatic heterocycles. The number of nitrogens with zero attached hydrogens (tertiary/aromatic N) is 1. The average molecular weight is 351 g/mol. The molecular weight excluding hydrogens is 335 g/mol. The lowest BCUT2D eigenvalue weighted by atomic mass is 9.92. The molecule has 2 aliphatic rings. The van der Waals surface area contributed by atoms with Gasteiger partial charge in [-0.1, -0.05) is 78.9 Å². The summed E-state index contributed by atoms with van der Waals surface area (Å²) in [5.41, 5.74) is 3.52. The van der Waals surface area contributed by atoms with Gasteiger partial charge in [-0.3, -0.25) is 0 Å². The van der Waals surface area contributed by atoms with Crippen molar-refractivity contribution in [3.63, 3.8) is 0 Å². The minimum absolute atomic E-state index is 0.536. The summed E-state index contributed by atoms with van der Waals surface area (Å²) < 4.78 is 41.3. The van der Waals surface area contributed by atoms with E-state index in [1.165, 1.54) is 17.1 Å². The molecule has 0 spiro atoms. The highest BCUT2D eigenvalue weighted by atomic mass is 19.4. The predicted octanol–water partition coefficient (Wildman–Crippen LogP) is 5.81. The molecule has 0 aliphatic carbocycles. The Morgan fingerprint density at radius 3 is 2.00 bits per heavy atom. The van der Waals surface area contributed by atoms with Crippen molar-refractivity contribution in [1.29, 1.82) is 0 Å². The van der Waals surface area contributed by atoms with Gasteiger partial charge >= 0.3 is 6.18 Å². The molecule has 0 aromatic heterocycles. The van der Waals surface area contributed by atoms with E-state index in [2.05, 4.69) is 0 Å². The summed E-state index contributed by atoms with van der Waals surface area (Å²) in [7, 11) is 0. The molecule has 0 radical (unpaired) electrons. The van der Waals surface area contributed by atoms with Crippen molar-refractivity contribution in [3.8, 4) is 0 Å². The fourth-order valence-corrected chi connectivity index (χ4v) is 3.36. The van der Waals surface area contributed by atoms with Gasteiger partial charge in [-0.2, -0.15) is 13.2 Å². The summed E-state index contributed by atoms with van der Waals surface area (Å²) >= 11 is 0.